The molecule has 0 saturated carbocycles. The van der Waals surface area contributed by atoms with Crippen molar-refractivity contribution in [1.82, 2.24) is 0 Å². The molecule has 3 heteroatoms. The van der Waals surface area contributed by atoms with Gasteiger partial charge in [0.05, 0.1) is 5.69 Å². The van der Waals surface area contributed by atoms with Gasteiger partial charge in [0.25, 0.3) is 0 Å². The highest BCUT2D eigenvalue weighted by atomic mass is 19.1. The number of nitrogens with one attached hydrogen (secondary N) is 1. The van der Waals surface area contributed by atoms with Gasteiger partial charge in [-0.3, -0.25) is 0 Å². The fourth-order valence-electron chi connectivity index (χ4n) is 0.760. The Morgan fingerprint density at radius 3 is 2.64 bits per heavy atom. The van der Waals surface area contributed by atoms with Gasteiger partial charge < -0.3 is 11.1 Å². The van der Waals surface area contributed by atoms with Gasteiger partial charge in [-0.05, 0) is 24.6 Å². The van der Waals surface area contributed by atoms with Crippen LogP contribution >= 0.6 is 0 Å². The molecule has 58 valence electrons. The molecular formula is C8H9FN2. The summed E-state index contributed by atoms with van der Waals surface area (Å²) in [6.45, 7) is 1.60. The number of benzene rings is 1. The normalized spacial score (nSPS) is 9.64. The summed E-state index contributed by atoms with van der Waals surface area (Å²) in [7, 11) is 0. The van der Waals surface area contributed by atoms with Crippen molar-refractivity contribution in [3.8, 4) is 0 Å². The van der Waals surface area contributed by atoms with Crippen LogP contribution in [0, 0.1) is 11.2 Å². The minimum atomic E-state index is -0.464. The van der Waals surface area contributed by atoms with Gasteiger partial charge in [0.15, 0.2) is 0 Å². The van der Waals surface area contributed by atoms with Crippen molar-refractivity contribution in [3.05, 3.63) is 29.6 Å². The molecule has 0 saturated heterocycles. The van der Waals surface area contributed by atoms with E-state index in [-0.39, 0.29) is 5.69 Å². The number of rotatable bonds is 1. The van der Waals surface area contributed by atoms with Crippen LogP contribution in [0.5, 0.6) is 0 Å². The van der Waals surface area contributed by atoms with E-state index in [2.05, 4.69) is 0 Å². The topological polar surface area (TPSA) is 49.9 Å². The van der Waals surface area contributed by atoms with Gasteiger partial charge >= 0.3 is 0 Å². The largest absolute Gasteiger partial charge is 0.396 e. The van der Waals surface area contributed by atoms with Crippen LogP contribution in [0.3, 0.4) is 0 Å². The van der Waals surface area contributed by atoms with Gasteiger partial charge in [-0.25, -0.2) is 4.39 Å². The van der Waals surface area contributed by atoms with Crippen LogP contribution < -0.4 is 5.73 Å². The van der Waals surface area contributed by atoms with Crippen molar-refractivity contribution in [3.63, 3.8) is 0 Å². The molecule has 0 fully saturated rings. The predicted molar refractivity (Wildman–Crippen MR) is 43.3 cm³/mol. The first-order valence-corrected chi connectivity index (χ1v) is 3.22. The van der Waals surface area contributed by atoms with Crippen LogP contribution in [0.2, 0.25) is 0 Å². The summed E-state index contributed by atoms with van der Waals surface area (Å²) in [5, 5.41) is 7.20. The number of nitrogens with two attached hydrogens (primary N) is 1. The third-order valence-electron chi connectivity index (χ3n) is 1.43. The van der Waals surface area contributed by atoms with E-state index in [1.165, 1.54) is 12.1 Å². The van der Waals surface area contributed by atoms with Gasteiger partial charge in [-0.15, -0.1) is 0 Å². The van der Waals surface area contributed by atoms with Gasteiger partial charge in [0.1, 0.15) is 5.82 Å². The summed E-state index contributed by atoms with van der Waals surface area (Å²) < 4.78 is 12.7. The summed E-state index contributed by atoms with van der Waals surface area (Å²) in [5.41, 5.74) is 6.27. The van der Waals surface area contributed by atoms with Crippen molar-refractivity contribution in [2.75, 3.05) is 5.73 Å². The number of nitrogen functional groups attached to an aromatic ring is 1. The third-order valence-corrected chi connectivity index (χ3v) is 1.43. The molecule has 0 aliphatic carbocycles. The highest BCUT2D eigenvalue weighted by Gasteiger charge is 2.00. The van der Waals surface area contributed by atoms with Crippen molar-refractivity contribution in [2.45, 2.75) is 6.92 Å². The van der Waals surface area contributed by atoms with Crippen LogP contribution in [0.4, 0.5) is 10.1 Å². The first-order chi connectivity index (χ1) is 5.11. The van der Waals surface area contributed by atoms with E-state index in [9.17, 15) is 4.39 Å². The second kappa shape index (κ2) is 2.70. The lowest BCUT2D eigenvalue weighted by Gasteiger charge is -1.99. The fraction of sp³-hybridized carbons (Fsp3) is 0.125. The van der Waals surface area contributed by atoms with Gasteiger partial charge in [0.2, 0.25) is 0 Å². The molecule has 0 radical (unpaired) electrons. The fourth-order valence-corrected chi connectivity index (χ4v) is 0.760. The summed E-state index contributed by atoms with van der Waals surface area (Å²) in [5.74, 6) is -0.464. The molecule has 1 aromatic rings. The molecule has 2 nitrogen and oxygen atoms in total. The van der Waals surface area contributed by atoms with Crippen LogP contribution in [-0.4, -0.2) is 5.71 Å². The molecule has 0 aromatic heterocycles. The highest BCUT2D eigenvalue weighted by Crippen LogP contribution is 2.11. The van der Waals surface area contributed by atoms with E-state index in [0.717, 1.165) is 0 Å². The third kappa shape index (κ3) is 1.55. The van der Waals surface area contributed by atoms with Crippen LogP contribution in [0.15, 0.2) is 18.2 Å². The average Bonchev–Trinajstić information content (AvgIpc) is 1.94. The van der Waals surface area contributed by atoms with Gasteiger partial charge in [-0.1, -0.05) is 6.07 Å². The van der Waals surface area contributed by atoms with E-state index in [1.54, 1.807) is 13.0 Å². The zero-order valence-corrected chi connectivity index (χ0v) is 6.19. The van der Waals surface area contributed by atoms with Crippen LogP contribution in [0.25, 0.3) is 0 Å². The summed E-state index contributed by atoms with van der Waals surface area (Å²) in [4.78, 5) is 0. The van der Waals surface area contributed by atoms with E-state index in [1.807, 2.05) is 0 Å². The Bertz CT molecular complexity index is 294. The molecule has 0 unspecified atom stereocenters. The molecule has 0 aliphatic heterocycles. The number of hydrogen-bond acceptors (Lipinski definition) is 2. The Balaban J connectivity index is 3.15. The lowest BCUT2D eigenvalue weighted by molar-refractivity contribution is 0.632. The van der Waals surface area contributed by atoms with Crippen LogP contribution in [-0.2, 0) is 0 Å². The summed E-state index contributed by atoms with van der Waals surface area (Å²) in [6.07, 6.45) is 0. The monoisotopic (exact) mass is 152 g/mol. The predicted octanol–water partition coefficient (Wildman–Crippen LogP) is 1.80. The first kappa shape index (κ1) is 7.72. The maximum Gasteiger partial charge on any atom is 0.146 e. The van der Waals surface area contributed by atoms with E-state index < -0.39 is 5.82 Å². The second-order valence-electron chi connectivity index (χ2n) is 2.36. The molecule has 0 spiro atoms. The zero-order valence-electron chi connectivity index (χ0n) is 6.19. The molecule has 0 aliphatic rings. The summed E-state index contributed by atoms with van der Waals surface area (Å²) >= 11 is 0. The Morgan fingerprint density at radius 2 is 2.18 bits per heavy atom. The maximum absolute atomic E-state index is 12.7. The molecule has 3 N–H and O–H groups in total. The Kier molecular flexibility index (Phi) is 1.89. The van der Waals surface area contributed by atoms with Crippen molar-refractivity contribution >= 4 is 11.4 Å². The molecule has 0 bridgehead atoms. The molecule has 0 heterocycles. The molecule has 0 atom stereocenters. The smallest absolute Gasteiger partial charge is 0.146 e. The molecule has 1 aromatic carbocycles. The Morgan fingerprint density at radius 1 is 1.55 bits per heavy atom. The molecule has 0 amide bonds. The standard InChI is InChI=1S/C8H9FN2/c1-5(10)6-2-3-8(11)7(9)4-6/h2-4,10H,11H2,1H3. The number of halogens is 1. The zero-order chi connectivity index (χ0) is 8.43. The molecule has 1 rings (SSSR count). The lowest BCUT2D eigenvalue weighted by atomic mass is 10.1. The Hall–Kier alpha value is -1.38. The minimum absolute atomic E-state index is 0.120. The van der Waals surface area contributed by atoms with E-state index in [0.29, 0.717) is 11.3 Å². The van der Waals surface area contributed by atoms with Gasteiger partial charge in [0, 0.05) is 5.71 Å². The molecular weight excluding hydrogens is 143 g/mol. The lowest BCUT2D eigenvalue weighted by Crippen LogP contribution is -1.96. The number of anilines is 1. The highest BCUT2D eigenvalue weighted by molar-refractivity contribution is 5.96. The van der Waals surface area contributed by atoms with Crippen molar-refractivity contribution in [1.29, 1.82) is 5.41 Å². The second-order valence-corrected chi connectivity index (χ2v) is 2.36. The SMILES string of the molecule is CC(=N)c1ccc(N)c(F)c1. The quantitative estimate of drug-likeness (QED) is 0.467. The first-order valence-electron chi connectivity index (χ1n) is 3.22. The average molecular weight is 152 g/mol. The van der Waals surface area contributed by atoms with Crippen molar-refractivity contribution in [2.24, 2.45) is 0 Å². The summed E-state index contributed by atoms with van der Waals surface area (Å²) in [6, 6.07) is 4.35. The van der Waals surface area contributed by atoms with Gasteiger partial charge in [-0.2, -0.15) is 0 Å². The minimum Gasteiger partial charge on any atom is -0.396 e. The maximum atomic E-state index is 12.7. The van der Waals surface area contributed by atoms with E-state index >= 15 is 0 Å². The van der Waals surface area contributed by atoms with Crippen molar-refractivity contribution < 1.29 is 4.39 Å². The Labute approximate surface area is 64.4 Å². The van der Waals surface area contributed by atoms with E-state index in [4.69, 9.17) is 11.1 Å². The molecule has 11 heavy (non-hydrogen) atoms. The number of hydrogen-bond donors (Lipinski definition) is 2. The van der Waals surface area contributed by atoms with Crippen LogP contribution in [0.1, 0.15) is 12.5 Å².